The Labute approximate surface area is 180 Å². The molecule has 29 heavy (non-hydrogen) atoms. The van der Waals surface area contributed by atoms with Gasteiger partial charge in [0.2, 0.25) is 5.91 Å². The molecule has 150 valence electrons. The van der Waals surface area contributed by atoms with Gasteiger partial charge in [0, 0.05) is 48.2 Å². The van der Waals surface area contributed by atoms with Crippen LogP contribution in [0.4, 0.5) is 5.69 Å². The molecule has 1 atom stereocenters. The number of amides is 1. The number of rotatable bonds is 4. The summed E-state index contributed by atoms with van der Waals surface area (Å²) in [5, 5.41) is 4.33. The molecule has 6 heteroatoms. The van der Waals surface area contributed by atoms with Crippen LogP contribution in [0.5, 0.6) is 0 Å². The Kier molecular flexibility index (Phi) is 5.40. The van der Waals surface area contributed by atoms with Crippen LogP contribution in [0.15, 0.2) is 59.3 Å². The van der Waals surface area contributed by atoms with Gasteiger partial charge in [-0.25, -0.2) is 0 Å². The average molecular weight is 424 g/mol. The van der Waals surface area contributed by atoms with E-state index in [9.17, 15) is 4.79 Å². The van der Waals surface area contributed by atoms with E-state index in [1.54, 1.807) is 11.3 Å². The molecule has 1 unspecified atom stereocenters. The van der Waals surface area contributed by atoms with Gasteiger partial charge in [0.15, 0.2) is 0 Å². The number of anilines is 1. The van der Waals surface area contributed by atoms with E-state index < -0.39 is 0 Å². The highest BCUT2D eigenvalue weighted by atomic mass is 32.1. The van der Waals surface area contributed by atoms with Crippen LogP contribution in [0.25, 0.3) is 0 Å². The predicted octanol–water partition coefficient (Wildman–Crippen LogP) is 4.11. The summed E-state index contributed by atoms with van der Waals surface area (Å²) in [5.41, 5.74) is 2.64. The van der Waals surface area contributed by atoms with Crippen LogP contribution in [-0.4, -0.2) is 55.0 Å². The first kappa shape index (κ1) is 18.9. The van der Waals surface area contributed by atoms with Gasteiger partial charge in [-0.05, 0) is 47.0 Å². The molecule has 0 spiro atoms. The Morgan fingerprint density at radius 2 is 1.72 bits per heavy atom. The first-order valence-corrected chi connectivity index (χ1v) is 12.0. The van der Waals surface area contributed by atoms with Gasteiger partial charge in [-0.15, -0.1) is 22.7 Å². The summed E-state index contributed by atoms with van der Waals surface area (Å²) in [6.45, 7) is 4.86. The van der Waals surface area contributed by atoms with Crippen molar-refractivity contribution in [2.45, 2.75) is 12.5 Å². The minimum atomic E-state index is 0.222. The third-order valence-corrected chi connectivity index (χ3v) is 7.89. The van der Waals surface area contributed by atoms with Crippen molar-refractivity contribution in [3.05, 3.63) is 74.6 Å². The Morgan fingerprint density at radius 1 is 0.897 bits per heavy atom. The van der Waals surface area contributed by atoms with E-state index in [4.69, 9.17) is 0 Å². The van der Waals surface area contributed by atoms with Crippen molar-refractivity contribution in [3.8, 4) is 0 Å². The van der Waals surface area contributed by atoms with Gasteiger partial charge in [0.25, 0.3) is 0 Å². The molecule has 2 aliphatic rings. The van der Waals surface area contributed by atoms with E-state index in [0.717, 1.165) is 39.1 Å². The van der Waals surface area contributed by atoms with Gasteiger partial charge in [0.1, 0.15) is 0 Å². The standard InChI is InChI=1S/C23H25N3OS2/c27-22(25-13-11-24(12-14-25)18-5-2-1-3-6-18)17-26-10-8-20-19(9-16-29-20)23(26)21-7-4-15-28-21/h1-7,9,15-16,23H,8,10-14,17H2. The largest absolute Gasteiger partial charge is 0.368 e. The Balaban J connectivity index is 1.26. The summed E-state index contributed by atoms with van der Waals surface area (Å²) in [5.74, 6) is 0.262. The minimum Gasteiger partial charge on any atom is -0.368 e. The van der Waals surface area contributed by atoms with Crippen LogP contribution in [0.1, 0.15) is 21.4 Å². The van der Waals surface area contributed by atoms with Gasteiger partial charge in [-0.3, -0.25) is 9.69 Å². The van der Waals surface area contributed by atoms with Crippen LogP contribution in [-0.2, 0) is 11.2 Å². The molecule has 1 aromatic carbocycles. The molecule has 2 aliphatic heterocycles. The molecule has 3 aromatic rings. The fourth-order valence-electron chi connectivity index (χ4n) is 4.45. The van der Waals surface area contributed by atoms with Crippen LogP contribution < -0.4 is 4.90 Å². The molecule has 4 heterocycles. The summed E-state index contributed by atoms with van der Waals surface area (Å²) in [6.07, 6.45) is 1.05. The monoisotopic (exact) mass is 423 g/mol. The van der Waals surface area contributed by atoms with Crippen molar-refractivity contribution in [2.24, 2.45) is 0 Å². The SMILES string of the molecule is O=C(CN1CCc2sccc2C1c1cccs1)N1CCN(c2ccccc2)CC1. The molecule has 0 bridgehead atoms. The fourth-order valence-corrected chi connectivity index (χ4v) is 6.23. The lowest BCUT2D eigenvalue weighted by molar-refractivity contribution is -0.133. The number of para-hydroxylation sites is 1. The van der Waals surface area contributed by atoms with Crippen LogP contribution in [0, 0.1) is 0 Å². The smallest absolute Gasteiger partial charge is 0.236 e. The summed E-state index contributed by atoms with van der Waals surface area (Å²) in [4.78, 5) is 22.8. The van der Waals surface area contributed by atoms with E-state index in [2.05, 4.69) is 63.0 Å². The van der Waals surface area contributed by atoms with Crippen LogP contribution in [0.3, 0.4) is 0 Å². The third kappa shape index (κ3) is 3.84. The maximum atomic E-state index is 13.1. The van der Waals surface area contributed by atoms with Crippen molar-refractivity contribution in [1.82, 2.24) is 9.80 Å². The highest BCUT2D eigenvalue weighted by molar-refractivity contribution is 7.10. The molecule has 0 aliphatic carbocycles. The average Bonchev–Trinajstić information content (AvgIpc) is 3.46. The second kappa shape index (κ2) is 8.30. The molecule has 1 amide bonds. The van der Waals surface area contributed by atoms with Crippen molar-refractivity contribution >= 4 is 34.3 Å². The lowest BCUT2D eigenvalue weighted by Crippen LogP contribution is -2.52. The summed E-state index contributed by atoms with van der Waals surface area (Å²) >= 11 is 3.64. The van der Waals surface area contributed by atoms with Crippen molar-refractivity contribution in [1.29, 1.82) is 0 Å². The van der Waals surface area contributed by atoms with Gasteiger partial charge in [-0.2, -0.15) is 0 Å². The van der Waals surface area contributed by atoms with Gasteiger partial charge >= 0.3 is 0 Å². The molecule has 1 fully saturated rings. The fraction of sp³-hybridized carbons (Fsp3) is 0.348. The lowest BCUT2D eigenvalue weighted by Gasteiger charge is -2.39. The van der Waals surface area contributed by atoms with Gasteiger partial charge in [0.05, 0.1) is 12.6 Å². The van der Waals surface area contributed by atoms with E-state index in [-0.39, 0.29) is 11.9 Å². The molecular weight excluding hydrogens is 398 g/mol. The number of piperazine rings is 1. The van der Waals surface area contributed by atoms with E-state index in [0.29, 0.717) is 6.54 Å². The Bertz CT molecular complexity index is 946. The number of thiophene rings is 2. The number of carbonyl (C=O) groups is 1. The van der Waals surface area contributed by atoms with Crippen molar-refractivity contribution < 1.29 is 4.79 Å². The van der Waals surface area contributed by atoms with E-state index >= 15 is 0 Å². The summed E-state index contributed by atoms with van der Waals surface area (Å²) < 4.78 is 0. The molecule has 4 nitrogen and oxygen atoms in total. The topological polar surface area (TPSA) is 26.8 Å². The predicted molar refractivity (Wildman–Crippen MR) is 121 cm³/mol. The lowest BCUT2D eigenvalue weighted by atomic mass is 9.98. The summed E-state index contributed by atoms with van der Waals surface area (Å²) in [6, 6.07) is 17.3. The maximum absolute atomic E-state index is 13.1. The zero-order valence-electron chi connectivity index (χ0n) is 16.4. The maximum Gasteiger partial charge on any atom is 0.236 e. The highest BCUT2D eigenvalue weighted by Crippen LogP contribution is 2.39. The molecule has 0 N–H and O–H groups in total. The number of hydrogen-bond acceptors (Lipinski definition) is 5. The second-order valence-electron chi connectivity index (χ2n) is 7.64. The first-order chi connectivity index (χ1) is 14.3. The Morgan fingerprint density at radius 3 is 2.48 bits per heavy atom. The normalized spacial score (nSPS) is 19.9. The van der Waals surface area contributed by atoms with Gasteiger partial charge < -0.3 is 9.80 Å². The number of hydrogen-bond donors (Lipinski definition) is 0. The Hall–Kier alpha value is -2.15. The van der Waals surface area contributed by atoms with E-state index in [1.165, 1.54) is 21.0 Å². The van der Waals surface area contributed by atoms with Crippen molar-refractivity contribution in [3.63, 3.8) is 0 Å². The number of carbonyl (C=O) groups excluding carboxylic acids is 1. The second-order valence-corrected chi connectivity index (χ2v) is 9.62. The molecule has 5 rings (SSSR count). The first-order valence-electron chi connectivity index (χ1n) is 10.2. The quantitative estimate of drug-likeness (QED) is 0.632. The zero-order valence-corrected chi connectivity index (χ0v) is 18.0. The molecule has 1 saturated heterocycles. The van der Waals surface area contributed by atoms with Crippen LogP contribution in [0.2, 0.25) is 0 Å². The van der Waals surface area contributed by atoms with Crippen LogP contribution >= 0.6 is 22.7 Å². The minimum absolute atomic E-state index is 0.222. The zero-order chi connectivity index (χ0) is 19.6. The molecule has 0 radical (unpaired) electrons. The van der Waals surface area contributed by atoms with Gasteiger partial charge in [-0.1, -0.05) is 24.3 Å². The number of fused-ring (bicyclic) bond motifs is 1. The third-order valence-electron chi connectivity index (χ3n) is 5.97. The summed E-state index contributed by atoms with van der Waals surface area (Å²) in [7, 11) is 0. The highest BCUT2D eigenvalue weighted by Gasteiger charge is 2.33. The molecule has 0 saturated carbocycles. The number of nitrogens with zero attached hydrogens (tertiary/aromatic N) is 3. The van der Waals surface area contributed by atoms with E-state index in [1.807, 2.05) is 22.3 Å². The van der Waals surface area contributed by atoms with Crippen molar-refractivity contribution in [2.75, 3.05) is 44.2 Å². The number of benzene rings is 1. The molecular formula is C23H25N3OS2. The molecule has 2 aromatic heterocycles.